The van der Waals surface area contributed by atoms with Gasteiger partial charge in [0.2, 0.25) is 6.08 Å². The molecule has 0 bridgehead atoms. The number of allylic oxidation sites excluding steroid dienone is 3. The number of amides is 1. The van der Waals surface area contributed by atoms with Gasteiger partial charge in [0.05, 0.1) is 11.6 Å². The van der Waals surface area contributed by atoms with Gasteiger partial charge in [0, 0.05) is 11.6 Å². The fraction of sp³-hybridized carbons (Fsp3) is 0.214. The van der Waals surface area contributed by atoms with Crippen molar-refractivity contribution in [1.29, 1.82) is 0 Å². The van der Waals surface area contributed by atoms with Crippen LogP contribution in [0.2, 0.25) is 0 Å². The van der Waals surface area contributed by atoms with Gasteiger partial charge in [-0.25, -0.2) is 9.18 Å². The summed E-state index contributed by atoms with van der Waals surface area (Å²) in [5, 5.41) is 0. The molecule has 0 saturated carbocycles. The predicted molar refractivity (Wildman–Crippen MR) is 66.5 cm³/mol. The third kappa shape index (κ3) is 2.41. The number of hydrogen-bond acceptors (Lipinski definition) is 3. The Morgan fingerprint density at radius 1 is 1.53 bits per heavy atom. The molecule has 19 heavy (non-hydrogen) atoms. The average Bonchev–Trinajstić information content (AvgIpc) is 2.43. The lowest BCUT2D eigenvalue weighted by molar-refractivity contribution is -0.121. The normalized spacial score (nSPS) is 25.4. The van der Waals surface area contributed by atoms with Crippen molar-refractivity contribution in [2.75, 3.05) is 0 Å². The van der Waals surface area contributed by atoms with Gasteiger partial charge in [-0.3, -0.25) is 9.78 Å². The van der Waals surface area contributed by atoms with E-state index in [1.165, 1.54) is 12.2 Å². The zero-order chi connectivity index (χ0) is 13.9. The van der Waals surface area contributed by atoms with Gasteiger partial charge < -0.3 is 0 Å². The van der Waals surface area contributed by atoms with E-state index >= 15 is 0 Å². The van der Waals surface area contributed by atoms with Crippen LogP contribution < -0.4 is 0 Å². The summed E-state index contributed by atoms with van der Waals surface area (Å²) in [5.74, 6) is -2.18. The zero-order valence-corrected chi connectivity index (χ0v) is 10.2. The molecule has 0 fully saturated rings. The molecule has 0 aliphatic heterocycles. The Bertz CT molecular complexity index is 603. The highest BCUT2D eigenvalue weighted by Crippen LogP contribution is 2.38. The fourth-order valence-corrected chi connectivity index (χ4v) is 2.11. The number of halogens is 1. The molecule has 1 heterocycles. The summed E-state index contributed by atoms with van der Waals surface area (Å²) < 4.78 is 13.4. The number of carbonyl (C=O) groups excluding carboxylic acids is 2. The molecule has 0 N–H and O–H groups in total. The first-order valence-corrected chi connectivity index (χ1v) is 5.67. The summed E-state index contributed by atoms with van der Waals surface area (Å²) in [5.41, 5.74) is -0.233. The fourth-order valence-electron chi connectivity index (χ4n) is 2.11. The van der Waals surface area contributed by atoms with Gasteiger partial charge in [-0.05, 0) is 31.2 Å². The number of carbonyl (C=O) groups is 1. The van der Waals surface area contributed by atoms with E-state index in [9.17, 15) is 14.0 Å². The first kappa shape index (κ1) is 13.1. The molecule has 2 atom stereocenters. The lowest BCUT2D eigenvalue weighted by Crippen LogP contribution is -2.36. The number of nitrogens with zero attached hydrogens (tertiary/aromatic N) is 2. The van der Waals surface area contributed by atoms with Gasteiger partial charge in [0.15, 0.2) is 0 Å². The number of aromatic nitrogens is 1. The van der Waals surface area contributed by atoms with Crippen LogP contribution in [0.25, 0.3) is 0 Å². The van der Waals surface area contributed by atoms with Gasteiger partial charge in [0.1, 0.15) is 5.83 Å². The van der Waals surface area contributed by atoms with Crippen molar-refractivity contribution in [3.05, 3.63) is 54.1 Å². The van der Waals surface area contributed by atoms with Crippen LogP contribution in [0, 0.1) is 5.92 Å². The quantitative estimate of drug-likeness (QED) is 0.603. The minimum absolute atomic E-state index is 0.534. The molecular formula is C14H11FN2O2. The Kier molecular flexibility index (Phi) is 3.49. The van der Waals surface area contributed by atoms with Crippen LogP contribution in [0.3, 0.4) is 0 Å². The van der Waals surface area contributed by atoms with Crippen molar-refractivity contribution < 1.29 is 14.0 Å². The summed E-state index contributed by atoms with van der Waals surface area (Å²) in [7, 11) is 0. The van der Waals surface area contributed by atoms with Crippen molar-refractivity contribution >= 4 is 12.0 Å². The highest BCUT2D eigenvalue weighted by molar-refractivity contribution is 5.87. The Balaban J connectivity index is 2.51. The smallest absolute Gasteiger partial charge is 0.264 e. The average molecular weight is 258 g/mol. The summed E-state index contributed by atoms with van der Waals surface area (Å²) in [6, 6.07) is 5.27. The SMILES string of the molecule is CC1(c2ccccn2)C=CC(F)=CC1C(=O)N=C=O. The Morgan fingerprint density at radius 2 is 2.32 bits per heavy atom. The molecule has 0 spiro atoms. The van der Waals surface area contributed by atoms with E-state index in [1.807, 2.05) is 0 Å². The first-order valence-electron chi connectivity index (χ1n) is 5.67. The maximum Gasteiger partial charge on any atom is 0.264 e. The molecule has 1 aromatic rings. The van der Waals surface area contributed by atoms with Crippen molar-refractivity contribution in [2.24, 2.45) is 10.9 Å². The molecule has 5 heteroatoms. The number of pyridine rings is 1. The highest BCUT2D eigenvalue weighted by atomic mass is 19.1. The van der Waals surface area contributed by atoms with Crippen molar-refractivity contribution in [3.8, 4) is 0 Å². The molecule has 96 valence electrons. The molecule has 1 aliphatic rings. The number of rotatable bonds is 2. The molecule has 1 aromatic heterocycles. The van der Waals surface area contributed by atoms with Crippen LogP contribution in [0.5, 0.6) is 0 Å². The molecule has 0 aromatic carbocycles. The third-order valence-electron chi connectivity index (χ3n) is 3.20. The Labute approximate surface area is 109 Å². The molecule has 0 radical (unpaired) electrons. The summed E-state index contributed by atoms with van der Waals surface area (Å²) in [6.07, 6.45) is 6.78. The van der Waals surface area contributed by atoms with Crippen LogP contribution in [0.15, 0.2) is 53.4 Å². The monoisotopic (exact) mass is 258 g/mol. The topological polar surface area (TPSA) is 59.4 Å². The molecule has 1 amide bonds. The van der Waals surface area contributed by atoms with Crippen LogP contribution in [0.1, 0.15) is 12.6 Å². The zero-order valence-electron chi connectivity index (χ0n) is 10.2. The first-order chi connectivity index (χ1) is 9.08. The standard InChI is InChI=1S/C14H11FN2O2/c1-14(12-4-2-3-7-16-12)6-5-10(15)8-11(14)13(19)17-9-18/h2-8,11H,1H3. The predicted octanol–water partition coefficient (Wildman–Crippen LogP) is 2.24. The lowest BCUT2D eigenvalue weighted by Gasteiger charge is -2.32. The molecule has 4 nitrogen and oxygen atoms in total. The van der Waals surface area contributed by atoms with Crippen LogP contribution in [0.4, 0.5) is 4.39 Å². The molecule has 2 unspecified atom stereocenters. The van der Waals surface area contributed by atoms with Crippen molar-refractivity contribution in [2.45, 2.75) is 12.3 Å². The van der Waals surface area contributed by atoms with Gasteiger partial charge in [0.25, 0.3) is 5.91 Å². The number of isocyanates is 1. The molecular weight excluding hydrogens is 247 g/mol. The second-order valence-electron chi connectivity index (χ2n) is 4.40. The Hall–Kier alpha value is -2.39. The van der Waals surface area contributed by atoms with E-state index in [4.69, 9.17) is 0 Å². The Morgan fingerprint density at radius 3 is 2.95 bits per heavy atom. The second kappa shape index (κ2) is 5.08. The van der Waals surface area contributed by atoms with Gasteiger partial charge in [-0.2, -0.15) is 0 Å². The largest absolute Gasteiger partial charge is 0.271 e. The van der Waals surface area contributed by atoms with E-state index in [0.717, 1.165) is 6.08 Å². The second-order valence-corrected chi connectivity index (χ2v) is 4.40. The molecule has 0 saturated heterocycles. The maximum atomic E-state index is 13.4. The van der Waals surface area contributed by atoms with Gasteiger partial charge >= 0.3 is 0 Å². The molecule has 2 rings (SSSR count). The van der Waals surface area contributed by atoms with Gasteiger partial charge in [-0.1, -0.05) is 12.1 Å². The summed E-state index contributed by atoms with van der Waals surface area (Å²) in [6.45, 7) is 1.75. The van der Waals surface area contributed by atoms with Crippen molar-refractivity contribution in [3.63, 3.8) is 0 Å². The van der Waals surface area contributed by atoms with Gasteiger partial charge in [-0.15, -0.1) is 4.99 Å². The minimum Gasteiger partial charge on any atom is -0.271 e. The maximum absolute atomic E-state index is 13.4. The lowest BCUT2D eigenvalue weighted by atomic mass is 9.71. The number of aliphatic imine (C=N–C) groups is 1. The van der Waals surface area contributed by atoms with E-state index < -0.39 is 23.1 Å². The van der Waals surface area contributed by atoms with Crippen LogP contribution >= 0.6 is 0 Å². The van der Waals surface area contributed by atoms with Crippen LogP contribution in [-0.4, -0.2) is 17.0 Å². The number of hydrogen-bond donors (Lipinski definition) is 0. The van der Waals surface area contributed by atoms with E-state index in [-0.39, 0.29) is 0 Å². The van der Waals surface area contributed by atoms with Crippen LogP contribution in [-0.2, 0) is 15.0 Å². The summed E-state index contributed by atoms with van der Waals surface area (Å²) >= 11 is 0. The highest BCUT2D eigenvalue weighted by Gasteiger charge is 2.40. The van der Waals surface area contributed by atoms with Crippen molar-refractivity contribution in [1.82, 2.24) is 4.98 Å². The van der Waals surface area contributed by atoms with E-state index in [2.05, 4.69) is 9.98 Å². The minimum atomic E-state index is -0.908. The molecule has 1 aliphatic carbocycles. The third-order valence-corrected chi connectivity index (χ3v) is 3.20. The van der Waals surface area contributed by atoms with E-state index in [1.54, 1.807) is 37.4 Å². The summed E-state index contributed by atoms with van der Waals surface area (Å²) in [4.78, 5) is 29.3. The van der Waals surface area contributed by atoms with E-state index in [0.29, 0.717) is 5.69 Å².